The van der Waals surface area contributed by atoms with Gasteiger partial charge >= 0.3 is 0 Å². The van der Waals surface area contributed by atoms with E-state index in [-0.39, 0.29) is 40.4 Å². The molecule has 0 aromatic heterocycles. The van der Waals surface area contributed by atoms with Gasteiger partial charge in [0.05, 0.1) is 12.6 Å². The minimum Gasteiger partial charge on any atom is -0.487 e. The molecule has 2 fully saturated rings. The van der Waals surface area contributed by atoms with E-state index in [0.29, 0.717) is 0 Å². The molecule has 1 aliphatic carbocycles. The Morgan fingerprint density at radius 1 is 1.17 bits per heavy atom. The molecule has 1 aromatic rings. The maximum absolute atomic E-state index is 6.52. The molecule has 2 N–H and O–H groups in total. The molecule has 2 heterocycles. The zero-order chi connectivity index (χ0) is 20.2. The molecule has 5 nitrogen and oxygen atoms in total. The molecule has 4 rings (SSSR count). The van der Waals surface area contributed by atoms with Gasteiger partial charge < -0.3 is 20.1 Å². The van der Waals surface area contributed by atoms with Gasteiger partial charge in [0, 0.05) is 36.5 Å². The molecule has 1 aromatic carbocycles. The van der Waals surface area contributed by atoms with Crippen LogP contribution in [0.3, 0.4) is 0 Å². The third-order valence-electron chi connectivity index (χ3n) is 6.73. The van der Waals surface area contributed by atoms with Crippen molar-refractivity contribution in [2.75, 3.05) is 32.6 Å². The van der Waals surface area contributed by atoms with Crippen LogP contribution in [-0.4, -0.2) is 48.9 Å². The fourth-order valence-electron chi connectivity index (χ4n) is 4.95. The highest BCUT2D eigenvalue weighted by atomic mass is 127. The Morgan fingerprint density at radius 2 is 1.90 bits per heavy atom. The van der Waals surface area contributed by atoms with E-state index in [1.54, 1.807) is 0 Å². The number of hydrogen-bond donors (Lipinski definition) is 2. The average Bonchev–Trinajstić information content (AvgIpc) is 3.20. The SMILES string of the molecule is CCNC(=NCC1(SC)CCOCC1)NC1CC2(CCCC2)Oc2ccccc21.I. The fraction of sp³-hybridized carbons (Fsp3) is 0.696. The molecular formula is C23H36IN3O2S. The number of benzene rings is 1. The van der Waals surface area contributed by atoms with Crippen LogP contribution in [-0.2, 0) is 4.74 Å². The molecule has 1 spiro atoms. The molecule has 1 saturated heterocycles. The van der Waals surface area contributed by atoms with E-state index in [4.69, 9.17) is 14.5 Å². The number of nitrogens with one attached hydrogen (secondary N) is 2. The molecule has 0 bridgehead atoms. The van der Waals surface area contributed by atoms with Crippen LogP contribution >= 0.6 is 35.7 Å². The van der Waals surface area contributed by atoms with Crippen molar-refractivity contribution in [3.05, 3.63) is 29.8 Å². The van der Waals surface area contributed by atoms with E-state index in [9.17, 15) is 0 Å². The number of aliphatic imine (C=N–C) groups is 1. The normalized spacial score (nSPS) is 24.5. The van der Waals surface area contributed by atoms with Crippen LogP contribution in [0.1, 0.15) is 63.5 Å². The topological polar surface area (TPSA) is 54.9 Å². The zero-order valence-corrected chi connectivity index (χ0v) is 21.4. The number of guanidine groups is 1. The number of rotatable bonds is 5. The van der Waals surface area contributed by atoms with Crippen molar-refractivity contribution in [1.29, 1.82) is 0 Å². The lowest BCUT2D eigenvalue weighted by molar-refractivity contribution is 0.0395. The van der Waals surface area contributed by atoms with E-state index >= 15 is 0 Å². The van der Waals surface area contributed by atoms with E-state index < -0.39 is 0 Å². The Hall–Kier alpha value is -0.670. The van der Waals surface area contributed by atoms with Gasteiger partial charge in [0.1, 0.15) is 11.4 Å². The summed E-state index contributed by atoms with van der Waals surface area (Å²) < 4.78 is 12.3. The summed E-state index contributed by atoms with van der Waals surface area (Å²) in [5.74, 6) is 1.96. The highest BCUT2D eigenvalue weighted by molar-refractivity contribution is 14.0. The summed E-state index contributed by atoms with van der Waals surface area (Å²) in [6.45, 7) is 5.50. The highest BCUT2D eigenvalue weighted by Crippen LogP contribution is 2.47. The van der Waals surface area contributed by atoms with Crippen molar-refractivity contribution in [2.45, 2.75) is 68.3 Å². The molecular weight excluding hydrogens is 509 g/mol. The minimum atomic E-state index is -0.00938. The van der Waals surface area contributed by atoms with Gasteiger partial charge in [-0.25, -0.2) is 0 Å². The summed E-state index contributed by atoms with van der Waals surface area (Å²) in [6.07, 6.45) is 10.2. The largest absolute Gasteiger partial charge is 0.487 e. The fourth-order valence-corrected chi connectivity index (χ4v) is 5.72. The molecule has 30 heavy (non-hydrogen) atoms. The Balaban J connectivity index is 0.00000256. The summed E-state index contributed by atoms with van der Waals surface area (Å²) in [7, 11) is 0. The van der Waals surface area contributed by atoms with Gasteiger partial charge in [0.25, 0.3) is 0 Å². The van der Waals surface area contributed by atoms with Crippen LogP contribution in [0.4, 0.5) is 0 Å². The first-order valence-electron chi connectivity index (χ1n) is 11.1. The van der Waals surface area contributed by atoms with Crippen molar-refractivity contribution >= 4 is 41.7 Å². The minimum absolute atomic E-state index is 0. The van der Waals surface area contributed by atoms with Crippen LogP contribution in [0.2, 0.25) is 0 Å². The molecule has 3 aliphatic rings. The third kappa shape index (κ3) is 5.38. The van der Waals surface area contributed by atoms with Crippen molar-refractivity contribution in [3.63, 3.8) is 0 Å². The van der Waals surface area contributed by atoms with Gasteiger partial charge in [-0.15, -0.1) is 24.0 Å². The van der Waals surface area contributed by atoms with Gasteiger partial charge in [0.2, 0.25) is 0 Å². The lowest BCUT2D eigenvalue weighted by atomic mass is 9.86. The van der Waals surface area contributed by atoms with Gasteiger partial charge in [-0.2, -0.15) is 11.8 Å². The first-order chi connectivity index (χ1) is 14.2. The maximum atomic E-state index is 6.52. The van der Waals surface area contributed by atoms with Crippen molar-refractivity contribution in [1.82, 2.24) is 10.6 Å². The second-order valence-corrected chi connectivity index (χ2v) is 9.90. The standard InChI is InChI=1S/C23H35N3O2S.HI/c1-3-24-21(25-17-23(29-2)12-14-27-15-13-23)26-19-16-22(10-6-7-11-22)28-20-9-5-4-8-18(19)20;/h4-5,8-9,19H,3,6-7,10-17H2,1-2H3,(H2,24,25,26);1H. The number of hydrogen-bond acceptors (Lipinski definition) is 4. The molecule has 1 unspecified atom stereocenters. The monoisotopic (exact) mass is 545 g/mol. The molecule has 1 atom stereocenters. The molecule has 1 saturated carbocycles. The van der Waals surface area contributed by atoms with Crippen molar-refractivity contribution in [3.8, 4) is 5.75 Å². The molecule has 0 radical (unpaired) electrons. The highest BCUT2D eigenvalue weighted by Gasteiger charge is 2.43. The van der Waals surface area contributed by atoms with Crippen LogP contribution in [0, 0.1) is 0 Å². The Labute approximate surface area is 202 Å². The number of fused-ring (bicyclic) bond motifs is 1. The maximum Gasteiger partial charge on any atom is 0.191 e. The smallest absolute Gasteiger partial charge is 0.191 e. The number of halogens is 1. The Morgan fingerprint density at radius 3 is 2.60 bits per heavy atom. The van der Waals surface area contributed by atoms with Crippen LogP contribution in [0.25, 0.3) is 0 Å². The van der Waals surface area contributed by atoms with E-state index in [1.165, 1.54) is 18.4 Å². The predicted octanol–water partition coefficient (Wildman–Crippen LogP) is 4.91. The van der Waals surface area contributed by atoms with Crippen molar-refractivity contribution in [2.24, 2.45) is 4.99 Å². The zero-order valence-electron chi connectivity index (χ0n) is 18.2. The summed E-state index contributed by atoms with van der Waals surface area (Å²) in [5.41, 5.74) is 1.24. The molecule has 7 heteroatoms. The second kappa shape index (κ2) is 10.8. The average molecular weight is 546 g/mol. The Bertz CT molecular complexity index is 718. The first kappa shape index (κ1) is 24.0. The molecule has 2 aliphatic heterocycles. The van der Waals surface area contributed by atoms with Gasteiger partial charge in [-0.3, -0.25) is 4.99 Å². The van der Waals surface area contributed by atoms with Crippen LogP contribution < -0.4 is 15.4 Å². The summed E-state index contributed by atoms with van der Waals surface area (Å²) in [6, 6.07) is 8.74. The van der Waals surface area contributed by atoms with E-state index in [2.05, 4.69) is 48.1 Å². The number of thioether (sulfide) groups is 1. The van der Waals surface area contributed by atoms with Crippen LogP contribution in [0.15, 0.2) is 29.3 Å². The summed E-state index contributed by atoms with van der Waals surface area (Å²) in [4.78, 5) is 5.04. The predicted molar refractivity (Wildman–Crippen MR) is 136 cm³/mol. The van der Waals surface area contributed by atoms with Gasteiger partial charge in [-0.1, -0.05) is 18.2 Å². The van der Waals surface area contributed by atoms with Crippen LogP contribution in [0.5, 0.6) is 5.75 Å². The van der Waals surface area contributed by atoms with Gasteiger partial charge in [-0.05, 0) is 57.8 Å². The van der Waals surface area contributed by atoms with Crippen molar-refractivity contribution < 1.29 is 9.47 Å². The van der Waals surface area contributed by atoms with E-state index in [1.807, 2.05) is 11.8 Å². The Kier molecular flexibility index (Phi) is 8.61. The summed E-state index contributed by atoms with van der Waals surface area (Å²) >= 11 is 1.94. The van der Waals surface area contributed by atoms with E-state index in [0.717, 1.165) is 70.1 Å². The molecule has 168 valence electrons. The number of nitrogens with zero attached hydrogens (tertiary/aromatic N) is 1. The third-order valence-corrected chi connectivity index (χ3v) is 8.13. The lowest BCUT2D eigenvalue weighted by Gasteiger charge is -2.40. The number of para-hydroxylation sites is 1. The second-order valence-electron chi connectivity index (χ2n) is 8.63. The molecule has 0 amide bonds. The van der Waals surface area contributed by atoms with Gasteiger partial charge in [0.15, 0.2) is 5.96 Å². The lowest BCUT2D eigenvalue weighted by Crippen LogP contribution is -2.47. The first-order valence-corrected chi connectivity index (χ1v) is 12.4. The summed E-state index contributed by atoms with van der Waals surface area (Å²) in [5, 5.41) is 7.24. The number of ether oxygens (including phenoxy) is 2. The quantitative estimate of drug-likeness (QED) is 0.313.